The molecule has 2 atom stereocenters. The largest absolute Gasteiger partial charge is 0.395 e. The number of nitrogens with zero attached hydrogens (tertiary/aromatic N) is 3. The van der Waals surface area contributed by atoms with Crippen LogP contribution in [0.25, 0.3) is 0 Å². The lowest BCUT2D eigenvalue weighted by Crippen LogP contribution is -2.39. The van der Waals surface area contributed by atoms with E-state index in [1.807, 2.05) is 6.92 Å². The Hall–Kier alpha value is -1.58. The molecule has 3 N–H and O–H groups in total. The first kappa shape index (κ1) is 22.7. The molecule has 0 radical (unpaired) electrons. The van der Waals surface area contributed by atoms with Gasteiger partial charge in [-0.25, -0.2) is 9.79 Å². The molecule has 1 saturated heterocycles. The predicted molar refractivity (Wildman–Crippen MR) is 115 cm³/mol. The Bertz CT molecular complexity index is 802. The van der Waals surface area contributed by atoms with Crippen molar-refractivity contribution in [1.29, 1.82) is 0 Å². The van der Waals surface area contributed by atoms with Gasteiger partial charge in [0.15, 0.2) is 5.82 Å². The molecule has 1 aromatic rings. The van der Waals surface area contributed by atoms with Gasteiger partial charge in [-0.15, -0.1) is 11.8 Å². The van der Waals surface area contributed by atoms with E-state index in [9.17, 15) is 14.7 Å². The van der Waals surface area contributed by atoms with E-state index < -0.39 is 11.2 Å². The van der Waals surface area contributed by atoms with Crippen LogP contribution in [0, 0.1) is 11.8 Å². The number of nitrogen functional groups attached to an aromatic ring is 1. The molecular weight excluding hydrogens is 380 g/mol. The minimum absolute atomic E-state index is 0.0373. The lowest BCUT2D eigenvalue weighted by molar-refractivity contribution is 0.140. The molecule has 158 valence electrons. The van der Waals surface area contributed by atoms with Crippen LogP contribution < -0.4 is 17.0 Å². The van der Waals surface area contributed by atoms with Crippen molar-refractivity contribution in [2.24, 2.45) is 23.9 Å². The fourth-order valence-electron chi connectivity index (χ4n) is 3.50. The summed E-state index contributed by atoms with van der Waals surface area (Å²) in [5, 5.41) is 9.98. The smallest absolute Gasteiger partial charge is 0.332 e. The molecule has 1 aromatic heterocycles. The van der Waals surface area contributed by atoms with Crippen LogP contribution in [0.15, 0.2) is 14.6 Å². The van der Waals surface area contributed by atoms with Gasteiger partial charge in [0.2, 0.25) is 0 Å². The van der Waals surface area contributed by atoms with Gasteiger partial charge in [0.25, 0.3) is 5.56 Å². The van der Waals surface area contributed by atoms with E-state index in [1.54, 1.807) is 11.8 Å². The van der Waals surface area contributed by atoms with Gasteiger partial charge in [0.1, 0.15) is 5.69 Å². The number of anilines is 1. The maximum atomic E-state index is 12.3. The molecule has 0 aliphatic carbocycles. The van der Waals surface area contributed by atoms with Crippen LogP contribution in [-0.4, -0.2) is 44.9 Å². The van der Waals surface area contributed by atoms with Crippen molar-refractivity contribution >= 4 is 28.3 Å². The number of thioether (sulfide) groups is 1. The first-order valence-corrected chi connectivity index (χ1v) is 10.8. The Labute approximate surface area is 169 Å². The molecule has 0 bridgehead atoms. The second kappa shape index (κ2) is 10.8. The molecule has 1 fully saturated rings. The third-order valence-electron chi connectivity index (χ3n) is 5.32. The highest BCUT2D eigenvalue weighted by atomic mass is 32.2. The highest BCUT2D eigenvalue weighted by molar-refractivity contribution is 8.13. The standard InChI is InChI=1S/C19H32N4O4S/c1-13-6-10-27-11-7-15(13)5-4-12-28-14(2)21-17-16(20)18(25)22(3)19(26)23(17)8-9-24/h13,15,24H,4-12,20H2,1-3H3/b21-14+. The summed E-state index contributed by atoms with van der Waals surface area (Å²) in [5.74, 6) is 2.43. The third-order valence-corrected chi connectivity index (χ3v) is 6.32. The Morgan fingerprint density at radius 3 is 2.79 bits per heavy atom. The van der Waals surface area contributed by atoms with Gasteiger partial charge in [0, 0.05) is 20.3 Å². The van der Waals surface area contributed by atoms with Gasteiger partial charge in [-0.1, -0.05) is 6.92 Å². The topological polar surface area (TPSA) is 112 Å². The molecule has 0 saturated carbocycles. The van der Waals surface area contributed by atoms with Crippen molar-refractivity contribution in [1.82, 2.24) is 9.13 Å². The molecule has 8 nitrogen and oxygen atoms in total. The molecule has 2 unspecified atom stereocenters. The van der Waals surface area contributed by atoms with Crippen LogP contribution in [0.1, 0.15) is 39.5 Å². The quantitative estimate of drug-likeness (QED) is 0.401. The maximum absolute atomic E-state index is 12.3. The van der Waals surface area contributed by atoms with E-state index in [2.05, 4.69) is 11.9 Å². The van der Waals surface area contributed by atoms with Gasteiger partial charge in [-0.3, -0.25) is 13.9 Å². The minimum atomic E-state index is -0.569. The number of aliphatic hydroxyl groups is 1. The maximum Gasteiger partial charge on any atom is 0.332 e. The Balaban J connectivity index is 2.03. The zero-order valence-corrected chi connectivity index (χ0v) is 17.8. The van der Waals surface area contributed by atoms with Crippen LogP contribution in [0.5, 0.6) is 0 Å². The van der Waals surface area contributed by atoms with Gasteiger partial charge in [-0.05, 0) is 50.2 Å². The minimum Gasteiger partial charge on any atom is -0.395 e. The number of aromatic nitrogens is 2. The fraction of sp³-hybridized carbons (Fsp3) is 0.737. The van der Waals surface area contributed by atoms with Crippen LogP contribution in [-0.2, 0) is 18.3 Å². The Morgan fingerprint density at radius 1 is 1.36 bits per heavy atom. The number of hydrogen-bond donors (Lipinski definition) is 2. The predicted octanol–water partition coefficient (Wildman–Crippen LogP) is 1.75. The molecule has 2 rings (SSSR count). The van der Waals surface area contributed by atoms with E-state index >= 15 is 0 Å². The second-order valence-corrected chi connectivity index (χ2v) is 8.60. The Morgan fingerprint density at radius 2 is 2.07 bits per heavy atom. The lowest BCUT2D eigenvalue weighted by Gasteiger charge is -2.20. The zero-order valence-electron chi connectivity index (χ0n) is 17.0. The van der Waals surface area contributed by atoms with Crippen molar-refractivity contribution in [2.45, 2.75) is 46.1 Å². The second-order valence-electron chi connectivity index (χ2n) is 7.31. The first-order valence-electron chi connectivity index (χ1n) is 9.82. The summed E-state index contributed by atoms with van der Waals surface area (Å²) in [7, 11) is 1.36. The highest BCUT2D eigenvalue weighted by Gasteiger charge is 2.20. The van der Waals surface area contributed by atoms with Crippen LogP contribution >= 0.6 is 11.8 Å². The molecule has 1 aliphatic rings. The van der Waals surface area contributed by atoms with Crippen molar-refractivity contribution in [2.75, 3.05) is 31.3 Å². The van der Waals surface area contributed by atoms with E-state index in [4.69, 9.17) is 10.5 Å². The van der Waals surface area contributed by atoms with E-state index in [-0.39, 0.29) is 24.7 Å². The number of aliphatic imine (C=N–C) groups is 1. The van der Waals surface area contributed by atoms with Crippen molar-refractivity contribution < 1.29 is 9.84 Å². The van der Waals surface area contributed by atoms with E-state index in [0.29, 0.717) is 11.8 Å². The van der Waals surface area contributed by atoms with E-state index in [1.165, 1.54) is 11.6 Å². The molecule has 0 amide bonds. The SMILES string of the molecule is C/C(=N\c1c(N)c(=O)n(C)c(=O)n1CCO)SCCCC1CCOCCC1C. The Kier molecular flexibility index (Phi) is 8.78. The average Bonchev–Trinajstić information content (AvgIpc) is 2.88. The molecular formula is C19H32N4O4S. The lowest BCUT2D eigenvalue weighted by atomic mass is 9.86. The zero-order chi connectivity index (χ0) is 20.7. The summed E-state index contributed by atoms with van der Waals surface area (Å²) in [6.07, 6.45) is 4.48. The third kappa shape index (κ3) is 5.71. The van der Waals surface area contributed by atoms with Gasteiger partial charge in [0.05, 0.1) is 18.2 Å². The van der Waals surface area contributed by atoms with Crippen LogP contribution in [0.4, 0.5) is 11.5 Å². The molecule has 9 heteroatoms. The van der Waals surface area contributed by atoms with Gasteiger partial charge < -0.3 is 15.6 Å². The van der Waals surface area contributed by atoms with Crippen molar-refractivity contribution in [3.63, 3.8) is 0 Å². The number of ether oxygens (including phenoxy) is 1. The van der Waals surface area contributed by atoms with Gasteiger partial charge in [-0.2, -0.15) is 0 Å². The summed E-state index contributed by atoms with van der Waals surface area (Å²) >= 11 is 1.59. The summed E-state index contributed by atoms with van der Waals surface area (Å²) in [6, 6.07) is 0. The number of nitrogens with two attached hydrogens (primary N) is 1. The summed E-state index contributed by atoms with van der Waals surface area (Å²) in [4.78, 5) is 28.8. The van der Waals surface area contributed by atoms with Crippen LogP contribution in [0.3, 0.4) is 0 Å². The monoisotopic (exact) mass is 412 g/mol. The molecule has 0 aromatic carbocycles. The molecule has 2 heterocycles. The first-order chi connectivity index (χ1) is 13.4. The van der Waals surface area contributed by atoms with Gasteiger partial charge >= 0.3 is 5.69 Å². The molecule has 0 spiro atoms. The summed E-state index contributed by atoms with van der Waals surface area (Å²) in [6.45, 7) is 5.67. The highest BCUT2D eigenvalue weighted by Crippen LogP contribution is 2.28. The normalized spacial score (nSPS) is 20.9. The number of hydrogen-bond acceptors (Lipinski definition) is 7. The summed E-state index contributed by atoms with van der Waals surface area (Å²) < 4.78 is 7.75. The summed E-state index contributed by atoms with van der Waals surface area (Å²) in [5.41, 5.74) is 4.73. The molecule has 28 heavy (non-hydrogen) atoms. The average molecular weight is 413 g/mol. The number of rotatable bonds is 7. The molecule has 1 aliphatic heterocycles. The number of aliphatic hydroxyl groups excluding tert-OH is 1. The fourth-order valence-corrected chi connectivity index (χ4v) is 4.26. The van der Waals surface area contributed by atoms with Crippen molar-refractivity contribution in [3.8, 4) is 0 Å². The van der Waals surface area contributed by atoms with Crippen molar-refractivity contribution in [3.05, 3.63) is 20.8 Å². The van der Waals surface area contributed by atoms with Crippen LogP contribution in [0.2, 0.25) is 0 Å². The van der Waals surface area contributed by atoms with E-state index in [0.717, 1.165) is 54.3 Å².